The van der Waals surface area contributed by atoms with Crippen LogP contribution in [-0.4, -0.2) is 25.4 Å². The lowest BCUT2D eigenvalue weighted by Gasteiger charge is -2.06. The van der Waals surface area contributed by atoms with Crippen molar-refractivity contribution in [3.8, 4) is 0 Å². The van der Waals surface area contributed by atoms with Gasteiger partial charge in [0.1, 0.15) is 14.8 Å². The Hall–Kier alpha value is -0.500. The smallest absolute Gasteiger partial charge is 0.147 e. The molecule has 0 aliphatic rings. The number of fused-ring (bicyclic) bond motifs is 1. The summed E-state index contributed by atoms with van der Waals surface area (Å²) in [5, 5.41) is 0.784. The number of hydrogen-bond acceptors (Lipinski definition) is 5. The van der Waals surface area contributed by atoms with Crippen LogP contribution in [0.2, 0.25) is 0 Å². The first kappa shape index (κ1) is 13.9. The van der Waals surface area contributed by atoms with Crippen LogP contribution < -0.4 is 5.73 Å². The number of rotatable bonds is 4. The van der Waals surface area contributed by atoms with Gasteiger partial charge in [-0.05, 0) is 24.6 Å². The van der Waals surface area contributed by atoms with Crippen LogP contribution in [0.5, 0.6) is 0 Å². The maximum Gasteiger partial charge on any atom is 0.147 e. The van der Waals surface area contributed by atoms with Crippen LogP contribution in [0.1, 0.15) is 17.5 Å². The topological polar surface area (TPSA) is 73.0 Å². The van der Waals surface area contributed by atoms with Crippen LogP contribution in [0, 0.1) is 0 Å². The summed E-state index contributed by atoms with van der Waals surface area (Å²) in [6.07, 6.45) is 1.62. The summed E-state index contributed by atoms with van der Waals surface area (Å²) in [5.74, 6) is 0.0911. The van der Waals surface area contributed by atoms with E-state index in [1.807, 2.05) is 18.2 Å². The molecule has 2 aromatic rings. The lowest BCUT2D eigenvalue weighted by Crippen LogP contribution is -2.15. The van der Waals surface area contributed by atoms with E-state index < -0.39 is 9.84 Å². The van der Waals surface area contributed by atoms with Crippen molar-refractivity contribution in [3.63, 3.8) is 0 Å². The van der Waals surface area contributed by atoms with E-state index in [9.17, 15) is 8.42 Å². The summed E-state index contributed by atoms with van der Waals surface area (Å²) in [5.41, 5.74) is 6.87. The third-order valence-corrected chi connectivity index (χ3v) is 5.10. The average molecular weight is 349 g/mol. The standard InChI is InChI=1S/C11H13BrN2O2S2/c1-18(15,16)5-4-8(13)11-14-9-3-2-7(12)6-10(9)17-11/h2-3,6,8H,4-5,13H2,1H3. The number of sulfone groups is 1. The Morgan fingerprint density at radius 1 is 1.50 bits per heavy atom. The highest BCUT2D eigenvalue weighted by atomic mass is 79.9. The molecule has 4 nitrogen and oxygen atoms in total. The molecule has 2 rings (SSSR count). The van der Waals surface area contributed by atoms with E-state index in [4.69, 9.17) is 5.73 Å². The largest absolute Gasteiger partial charge is 0.322 e. The molecule has 0 amide bonds. The monoisotopic (exact) mass is 348 g/mol. The van der Waals surface area contributed by atoms with Crippen molar-refractivity contribution >= 4 is 47.3 Å². The van der Waals surface area contributed by atoms with E-state index in [2.05, 4.69) is 20.9 Å². The molecule has 7 heteroatoms. The van der Waals surface area contributed by atoms with Crippen LogP contribution in [-0.2, 0) is 9.84 Å². The molecule has 0 aliphatic heterocycles. The maximum absolute atomic E-state index is 11.1. The summed E-state index contributed by atoms with van der Waals surface area (Å²) in [6, 6.07) is 5.51. The number of thiazole rings is 1. The van der Waals surface area contributed by atoms with Crippen molar-refractivity contribution in [2.45, 2.75) is 12.5 Å². The van der Waals surface area contributed by atoms with Gasteiger partial charge < -0.3 is 5.73 Å². The molecule has 0 radical (unpaired) electrons. The van der Waals surface area contributed by atoms with Crippen molar-refractivity contribution in [2.75, 3.05) is 12.0 Å². The molecule has 1 aromatic carbocycles. The predicted octanol–water partition coefficient (Wildman–Crippen LogP) is 2.49. The van der Waals surface area contributed by atoms with E-state index in [-0.39, 0.29) is 11.8 Å². The first-order chi connectivity index (χ1) is 8.35. The molecule has 0 bridgehead atoms. The molecule has 0 aliphatic carbocycles. The fourth-order valence-electron chi connectivity index (χ4n) is 1.54. The van der Waals surface area contributed by atoms with Crippen molar-refractivity contribution in [2.24, 2.45) is 5.73 Å². The van der Waals surface area contributed by atoms with Gasteiger partial charge in [0.25, 0.3) is 0 Å². The fraction of sp³-hybridized carbons (Fsp3) is 0.364. The molecule has 18 heavy (non-hydrogen) atoms. The Bertz CT molecular complexity index is 667. The minimum atomic E-state index is -2.97. The molecule has 1 unspecified atom stereocenters. The van der Waals surface area contributed by atoms with Gasteiger partial charge in [-0.3, -0.25) is 0 Å². The normalized spacial score (nSPS) is 13.9. The molecule has 2 N–H and O–H groups in total. The molecule has 0 saturated heterocycles. The fourth-order valence-corrected chi connectivity index (χ4v) is 3.78. The summed E-state index contributed by atoms with van der Waals surface area (Å²) in [6.45, 7) is 0. The second-order valence-corrected chi connectivity index (χ2v) is 8.43. The summed E-state index contributed by atoms with van der Waals surface area (Å²) in [7, 11) is -2.97. The predicted molar refractivity (Wildman–Crippen MR) is 78.6 cm³/mol. The number of benzene rings is 1. The van der Waals surface area contributed by atoms with Crippen molar-refractivity contribution in [1.82, 2.24) is 4.98 Å². The maximum atomic E-state index is 11.1. The molecule has 1 atom stereocenters. The SMILES string of the molecule is CS(=O)(=O)CCC(N)c1nc2ccc(Br)cc2s1. The second-order valence-electron chi connectivity index (χ2n) is 4.19. The molecular weight excluding hydrogens is 336 g/mol. The summed E-state index contributed by atoms with van der Waals surface area (Å²) >= 11 is 4.91. The van der Waals surface area contributed by atoms with Crippen LogP contribution >= 0.6 is 27.3 Å². The van der Waals surface area contributed by atoms with E-state index >= 15 is 0 Å². The van der Waals surface area contributed by atoms with E-state index in [1.54, 1.807) is 0 Å². The van der Waals surface area contributed by atoms with Crippen LogP contribution in [0.15, 0.2) is 22.7 Å². The lowest BCUT2D eigenvalue weighted by molar-refractivity contribution is 0.591. The van der Waals surface area contributed by atoms with E-state index in [0.717, 1.165) is 19.7 Å². The Kier molecular flexibility index (Phi) is 4.05. The summed E-state index contributed by atoms with van der Waals surface area (Å²) in [4.78, 5) is 4.43. The number of hydrogen-bond donors (Lipinski definition) is 1. The van der Waals surface area contributed by atoms with Crippen LogP contribution in [0.25, 0.3) is 10.2 Å². The highest BCUT2D eigenvalue weighted by molar-refractivity contribution is 9.10. The Morgan fingerprint density at radius 2 is 2.22 bits per heavy atom. The van der Waals surface area contributed by atoms with Gasteiger partial charge in [-0.15, -0.1) is 11.3 Å². The molecule has 0 fully saturated rings. The van der Waals surface area contributed by atoms with E-state index in [0.29, 0.717) is 6.42 Å². The number of nitrogens with two attached hydrogens (primary N) is 1. The zero-order valence-corrected chi connectivity index (χ0v) is 13.0. The van der Waals surface area contributed by atoms with Gasteiger partial charge in [0.2, 0.25) is 0 Å². The summed E-state index contributed by atoms with van der Waals surface area (Å²) < 4.78 is 24.3. The molecule has 0 spiro atoms. The highest BCUT2D eigenvalue weighted by Gasteiger charge is 2.14. The average Bonchev–Trinajstić information content (AvgIpc) is 2.67. The Labute approximate surface area is 118 Å². The van der Waals surface area contributed by atoms with Crippen molar-refractivity contribution in [1.29, 1.82) is 0 Å². The van der Waals surface area contributed by atoms with Gasteiger partial charge in [0.05, 0.1) is 22.0 Å². The zero-order valence-electron chi connectivity index (χ0n) is 9.76. The number of aromatic nitrogens is 1. The quantitative estimate of drug-likeness (QED) is 0.920. The third-order valence-electron chi connectivity index (χ3n) is 2.48. The second kappa shape index (κ2) is 5.24. The van der Waals surface area contributed by atoms with Gasteiger partial charge >= 0.3 is 0 Å². The first-order valence-corrected chi connectivity index (χ1v) is 9.01. The van der Waals surface area contributed by atoms with Gasteiger partial charge in [-0.2, -0.15) is 0 Å². The highest BCUT2D eigenvalue weighted by Crippen LogP contribution is 2.29. The number of nitrogens with zero attached hydrogens (tertiary/aromatic N) is 1. The van der Waals surface area contributed by atoms with Crippen LogP contribution in [0.3, 0.4) is 0 Å². The van der Waals surface area contributed by atoms with E-state index in [1.165, 1.54) is 17.6 Å². The van der Waals surface area contributed by atoms with Crippen molar-refractivity contribution in [3.05, 3.63) is 27.7 Å². The lowest BCUT2D eigenvalue weighted by atomic mass is 10.2. The minimum absolute atomic E-state index is 0.0911. The third kappa shape index (κ3) is 3.50. The molecule has 0 saturated carbocycles. The molecule has 98 valence electrons. The Balaban J connectivity index is 2.20. The van der Waals surface area contributed by atoms with Gasteiger partial charge in [0.15, 0.2) is 0 Å². The minimum Gasteiger partial charge on any atom is -0.322 e. The van der Waals surface area contributed by atoms with Crippen molar-refractivity contribution < 1.29 is 8.42 Å². The Morgan fingerprint density at radius 3 is 2.89 bits per heavy atom. The van der Waals surface area contributed by atoms with Crippen LogP contribution in [0.4, 0.5) is 0 Å². The van der Waals surface area contributed by atoms with Gasteiger partial charge in [-0.1, -0.05) is 15.9 Å². The molecular formula is C11H13BrN2O2S2. The molecule has 1 aromatic heterocycles. The number of halogens is 1. The van der Waals surface area contributed by atoms with Gasteiger partial charge in [-0.25, -0.2) is 13.4 Å². The molecule has 1 heterocycles. The zero-order chi connectivity index (χ0) is 13.3. The first-order valence-electron chi connectivity index (χ1n) is 5.34. The van der Waals surface area contributed by atoms with Gasteiger partial charge in [0, 0.05) is 10.7 Å².